The van der Waals surface area contributed by atoms with Crippen molar-refractivity contribution in [2.24, 2.45) is 0 Å². The zero-order chi connectivity index (χ0) is 39.6. The second kappa shape index (κ2) is 14.0. The lowest BCUT2D eigenvalue weighted by Crippen LogP contribution is -2.00. The molecule has 0 fully saturated rings. The van der Waals surface area contributed by atoms with Crippen molar-refractivity contribution in [3.8, 4) is 67.5 Å². The summed E-state index contributed by atoms with van der Waals surface area (Å²) in [5.41, 5.74) is 11.3. The van der Waals surface area contributed by atoms with Gasteiger partial charge in [0, 0.05) is 47.6 Å². The summed E-state index contributed by atoms with van der Waals surface area (Å²) in [5.74, 6) is 1.79. The Bertz CT molecular complexity index is 3590. The Hall–Kier alpha value is -7.73. The van der Waals surface area contributed by atoms with E-state index < -0.39 is 0 Å². The van der Waals surface area contributed by atoms with E-state index in [4.69, 9.17) is 19.4 Å². The molecule has 0 saturated heterocycles. The summed E-state index contributed by atoms with van der Waals surface area (Å²) in [6.45, 7) is 0. The zero-order valence-corrected chi connectivity index (χ0v) is 33.0. The first-order chi connectivity index (χ1) is 29.7. The van der Waals surface area contributed by atoms with Crippen LogP contribution in [0.5, 0.6) is 0 Å². The lowest BCUT2D eigenvalue weighted by atomic mass is 9.93. The van der Waals surface area contributed by atoms with E-state index in [1.807, 2.05) is 24.3 Å². The quantitative estimate of drug-likeness (QED) is 0.169. The average molecular weight is 784 g/mol. The predicted molar refractivity (Wildman–Crippen MR) is 250 cm³/mol. The number of benzene rings is 9. The Labute approximate surface area is 349 Å². The van der Waals surface area contributed by atoms with Crippen LogP contribution in [0.3, 0.4) is 0 Å². The molecule has 0 saturated carbocycles. The minimum atomic E-state index is 0.564. The number of para-hydroxylation sites is 2. The molecule has 0 aliphatic heterocycles. The molecule has 0 spiro atoms. The van der Waals surface area contributed by atoms with E-state index in [1.54, 1.807) is 11.3 Å². The highest BCUT2D eigenvalue weighted by molar-refractivity contribution is 7.26. The first kappa shape index (κ1) is 34.3. The van der Waals surface area contributed by atoms with Crippen LogP contribution in [0.25, 0.3) is 120 Å². The number of thiophene rings is 1. The van der Waals surface area contributed by atoms with E-state index in [0.717, 1.165) is 54.5 Å². The van der Waals surface area contributed by atoms with Gasteiger partial charge in [0.2, 0.25) is 0 Å². The molecule has 0 bridgehead atoms. The van der Waals surface area contributed by atoms with Crippen molar-refractivity contribution < 1.29 is 4.42 Å². The Morgan fingerprint density at radius 1 is 0.317 bits per heavy atom. The molecule has 4 nitrogen and oxygen atoms in total. The molecule has 5 heteroatoms. The molecule has 280 valence electrons. The standard InChI is InChI=1S/C55H33N3OS/c1-4-16-34(17-5-1)37-22-12-23-38(32-37)47-33-48-49(41-25-11-10-24-40(41)47)44-29-15-31-46(52(44)60-48)55-57-53(36-20-8-3-9-21-36)56-54(58-55)45-30-14-28-43-42-27-13-26-39(50(42)59-51(43)45)35-18-6-2-7-19-35/h1-33H. The molecule has 3 aromatic heterocycles. The smallest absolute Gasteiger partial charge is 0.167 e. The summed E-state index contributed by atoms with van der Waals surface area (Å²) in [5, 5.41) is 6.96. The largest absolute Gasteiger partial charge is 0.455 e. The number of rotatable bonds is 6. The number of fused-ring (bicyclic) bond motifs is 8. The van der Waals surface area contributed by atoms with Gasteiger partial charge in [-0.1, -0.05) is 176 Å². The summed E-state index contributed by atoms with van der Waals surface area (Å²) < 4.78 is 9.20. The third-order valence-electron chi connectivity index (χ3n) is 11.5. The number of aromatic nitrogens is 3. The van der Waals surface area contributed by atoms with Crippen LogP contribution in [0.1, 0.15) is 0 Å². The van der Waals surface area contributed by atoms with Crippen LogP contribution >= 0.6 is 11.3 Å². The topological polar surface area (TPSA) is 51.8 Å². The predicted octanol–water partition coefficient (Wildman–Crippen LogP) is 15.3. The molecule has 0 aliphatic rings. The van der Waals surface area contributed by atoms with E-state index in [2.05, 4.69) is 176 Å². The van der Waals surface area contributed by atoms with Crippen molar-refractivity contribution in [3.63, 3.8) is 0 Å². The molecule has 0 aliphatic carbocycles. The van der Waals surface area contributed by atoms with Gasteiger partial charge in [-0.3, -0.25) is 0 Å². The molecule has 9 aromatic carbocycles. The molecule has 0 unspecified atom stereocenters. The third-order valence-corrected chi connectivity index (χ3v) is 12.7. The summed E-state index contributed by atoms with van der Waals surface area (Å²) in [7, 11) is 0. The van der Waals surface area contributed by atoms with Gasteiger partial charge in [0.25, 0.3) is 0 Å². The van der Waals surface area contributed by atoms with Crippen LogP contribution in [0.15, 0.2) is 205 Å². The van der Waals surface area contributed by atoms with Gasteiger partial charge in [0.05, 0.1) is 5.56 Å². The number of hydrogen-bond donors (Lipinski definition) is 0. The number of nitrogens with zero attached hydrogens (tertiary/aromatic N) is 3. The van der Waals surface area contributed by atoms with Crippen molar-refractivity contribution in [1.82, 2.24) is 15.0 Å². The third kappa shape index (κ3) is 5.63. The lowest BCUT2D eigenvalue weighted by molar-refractivity contribution is 0.670. The second-order valence-corrected chi connectivity index (χ2v) is 16.1. The van der Waals surface area contributed by atoms with Crippen molar-refractivity contribution in [2.75, 3.05) is 0 Å². The Morgan fingerprint density at radius 2 is 0.817 bits per heavy atom. The van der Waals surface area contributed by atoms with Gasteiger partial charge >= 0.3 is 0 Å². The maximum absolute atomic E-state index is 6.85. The zero-order valence-electron chi connectivity index (χ0n) is 32.2. The molecule has 0 amide bonds. The molecular weight excluding hydrogens is 751 g/mol. The maximum Gasteiger partial charge on any atom is 0.167 e. The second-order valence-electron chi connectivity index (χ2n) is 15.1. The number of furan rings is 1. The van der Waals surface area contributed by atoms with E-state index in [0.29, 0.717) is 17.5 Å². The molecule has 12 aromatic rings. The van der Waals surface area contributed by atoms with Crippen molar-refractivity contribution in [2.45, 2.75) is 0 Å². The Morgan fingerprint density at radius 3 is 1.55 bits per heavy atom. The number of hydrogen-bond acceptors (Lipinski definition) is 5. The molecule has 12 rings (SSSR count). The molecule has 0 N–H and O–H groups in total. The summed E-state index contributed by atoms with van der Waals surface area (Å²) in [6, 6.07) is 70.3. The van der Waals surface area contributed by atoms with E-state index in [-0.39, 0.29) is 0 Å². The fraction of sp³-hybridized carbons (Fsp3) is 0. The normalized spacial score (nSPS) is 11.7. The van der Waals surface area contributed by atoms with Crippen LogP contribution in [0.2, 0.25) is 0 Å². The van der Waals surface area contributed by atoms with Gasteiger partial charge < -0.3 is 4.42 Å². The highest BCUT2D eigenvalue weighted by Gasteiger charge is 2.22. The van der Waals surface area contributed by atoms with Gasteiger partial charge in [-0.2, -0.15) is 0 Å². The fourth-order valence-electron chi connectivity index (χ4n) is 8.75. The fourth-order valence-corrected chi connectivity index (χ4v) is 10.0. The average Bonchev–Trinajstić information content (AvgIpc) is 3.91. The monoisotopic (exact) mass is 783 g/mol. The lowest BCUT2D eigenvalue weighted by Gasteiger charge is -2.11. The van der Waals surface area contributed by atoms with Gasteiger partial charge in [-0.15, -0.1) is 11.3 Å². The maximum atomic E-state index is 6.85. The van der Waals surface area contributed by atoms with Gasteiger partial charge in [0.15, 0.2) is 17.5 Å². The minimum absolute atomic E-state index is 0.564. The van der Waals surface area contributed by atoms with Crippen LogP contribution < -0.4 is 0 Å². The molecule has 0 atom stereocenters. The summed E-state index contributed by atoms with van der Waals surface area (Å²) in [4.78, 5) is 15.7. The van der Waals surface area contributed by atoms with Crippen LogP contribution in [0, 0.1) is 0 Å². The van der Waals surface area contributed by atoms with E-state index in [9.17, 15) is 0 Å². The highest BCUT2D eigenvalue weighted by Crippen LogP contribution is 2.46. The molecule has 3 heterocycles. The van der Waals surface area contributed by atoms with E-state index in [1.165, 1.54) is 48.5 Å². The van der Waals surface area contributed by atoms with Gasteiger partial charge in [-0.05, 0) is 62.9 Å². The first-order valence-electron chi connectivity index (χ1n) is 20.1. The van der Waals surface area contributed by atoms with Gasteiger partial charge in [0.1, 0.15) is 11.2 Å². The van der Waals surface area contributed by atoms with Gasteiger partial charge in [-0.25, -0.2) is 15.0 Å². The van der Waals surface area contributed by atoms with Crippen molar-refractivity contribution in [1.29, 1.82) is 0 Å². The van der Waals surface area contributed by atoms with Crippen molar-refractivity contribution in [3.05, 3.63) is 200 Å². The highest BCUT2D eigenvalue weighted by atomic mass is 32.1. The Kier molecular flexibility index (Phi) is 8.00. The summed E-state index contributed by atoms with van der Waals surface area (Å²) >= 11 is 1.80. The van der Waals surface area contributed by atoms with E-state index >= 15 is 0 Å². The minimum Gasteiger partial charge on any atom is -0.455 e. The molecular formula is C55H33N3OS. The van der Waals surface area contributed by atoms with Crippen LogP contribution in [-0.4, -0.2) is 15.0 Å². The van der Waals surface area contributed by atoms with Crippen molar-refractivity contribution >= 4 is 64.2 Å². The molecule has 60 heavy (non-hydrogen) atoms. The first-order valence-corrected chi connectivity index (χ1v) is 20.9. The van der Waals surface area contributed by atoms with Crippen LogP contribution in [0.4, 0.5) is 0 Å². The molecule has 0 radical (unpaired) electrons. The summed E-state index contributed by atoms with van der Waals surface area (Å²) in [6.07, 6.45) is 0. The van der Waals surface area contributed by atoms with Crippen LogP contribution in [-0.2, 0) is 0 Å². The Balaban J connectivity index is 1.07. The SMILES string of the molecule is c1ccc(-c2cccc(-c3cc4sc5c(-c6nc(-c7ccccc7)nc(-c7cccc8c7oc7c(-c9ccccc9)cccc78)n6)cccc5c4c4ccccc34)c2)cc1.